The second-order valence-electron chi connectivity index (χ2n) is 5.01. The van der Waals surface area contributed by atoms with Gasteiger partial charge in [-0.2, -0.15) is 4.40 Å². The minimum Gasteiger partial charge on any atom is -0.474 e. The van der Waals surface area contributed by atoms with Gasteiger partial charge < -0.3 is 5.11 Å². The van der Waals surface area contributed by atoms with Gasteiger partial charge in [0.1, 0.15) is 4.88 Å². The van der Waals surface area contributed by atoms with Crippen LogP contribution in [0, 0.1) is 0 Å². The van der Waals surface area contributed by atoms with Crippen LogP contribution in [0.2, 0.25) is 0 Å². The van der Waals surface area contributed by atoms with Crippen molar-refractivity contribution in [2.45, 2.75) is 18.2 Å². The summed E-state index contributed by atoms with van der Waals surface area (Å²) in [7, 11) is 0. The van der Waals surface area contributed by atoms with Gasteiger partial charge in [-0.25, -0.2) is 4.79 Å². The van der Waals surface area contributed by atoms with Crippen LogP contribution in [0.15, 0.2) is 34.7 Å². The van der Waals surface area contributed by atoms with Gasteiger partial charge in [-0.05, 0) is 6.26 Å². The fourth-order valence-electron chi connectivity index (χ4n) is 2.60. The summed E-state index contributed by atoms with van der Waals surface area (Å²) < 4.78 is 3.71. The highest BCUT2D eigenvalue weighted by atomic mass is 32.2. The van der Waals surface area contributed by atoms with E-state index in [1.54, 1.807) is 4.40 Å². The van der Waals surface area contributed by atoms with Crippen molar-refractivity contribution in [1.82, 2.24) is 4.57 Å². The first-order chi connectivity index (χ1) is 11.0. The first-order valence-electron chi connectivity index (χ1n) is 6.90. The molecular formula is C16H15N2O3S2+. The summed E-state index contributed by atoms with van der Waals surface area (Å²) in [6.07, 6.45) is 1.90. The number of ketones is 1. The van der Waals surface area contributed by atoms with Crippen LogP contribution < -0.4 is 4.40 Å². The number of fused-ring (bicyclic) bond motifs is 1. The molecule has 1 aromatic carbocycles. The number of carbonyl (C=O) groups is 2. The minimum absolute atomic E-state index is 0.137. The molecule has 0 saturated carbocycles. The van der Waals surface area contributed by atoms with E-state index < -0.39 is 0 Å². The molecule has 0 spiro atoms. The normalized spacial score (nSPS) is 11.1. The zero-order valence-corrected chi connectivity index (χ0v) is 14.5. The average molecular weight is 347 g/mol. The maximum absolute atomic E-state index is 12.1. The van der Waals surface area contributed by atoms with E-state index in [9.17, 15) is 14.7 Å². The van der Waals surface area contributed by atoms with Crippen LogP contribution in [0.5, 0.6) is 5.88 Å². The van der Waals surface area contributed by atoms with Gasteiger partial charge in [0.2, 0.25) is 10.1 Å². The standard InChI is InChI=1S/C16H14N2O3S2/c1-9(19)12-15(21)17(10(2)20)14-13(11-7-5-4-6-8-11)23-16(22-3)18(12)14/h4-8H,1-3H3/p+1. The molecule has 3 rings (SSSR count). The van der Waals surface area contributed by atoms with E-state index in [4.69, 9.17) is 0 Å². The number of Topliss-reactive ketones (excluding diaryl/α,β-unsaturated/α-hetero) is 1. The van der Waals surface area contributed by atoms with Crippen LogP contribution in [0.1, 0.15) is 29.1 Å². The highest BCUT2D eigenvalue weighted by Crippen LogP contribution is 2.37. The predicted octanol–water partition coefficient (Wildman–Crippen LogP) is 3.25. The number of benzene rings is 1. The van der Waals surface area contributed by atoms with Crippen molar-refractivity contribution in [3.63, 3.8) is 0 Å². The van der Waals surface area contributed by atoms with Gasteiger partial charge in [-0.15, -0.1) is 4.57 Å². The monoisotopic (exact) mass is 347 g/mol. The first kappa shape index (κ1) is 15.8. The largest absolute Gasteiger partial charge is 0.474 e. The molecule has 0 saturated heterocycles. The van der Waals surface area contributed by atoms with Gasteiger partial charge in [0, 0.05) is 19.4 Å². The Morgan fingerprint density at radius 3 is 2.39 bits per heavy atom. The molecule has 0 aliphatic rings. The molecule has 0 bridgehead atoms. The van der Waals surface area contributed by atoms with Crippen LogP contribution in [-0.2, 0) is 0 Å². The molecule has 0 atom stereocenters. The van der Waals surface area contributed by atoms with Crippen molar-refractivity contribution < 1.29 is 19.1 Å². The second-order valence-corrected chi connectivity index (χ2v) is 7.06. The quantitative estimate of drug-likeness (QED) is 0.449. The lowest BCUT2D eigenvalue weighted by Gasteiger charge is -1.96. The predicted molar refractivity (Wildman–Crippen MR) is 90.7 cm³/mol. The van der Waals surface area contributed by atoms with Crippen molar-refractivity contribution in [2.75, 3.05) is 6.26 Å². The van der Waals surface area contributed by atoms with Crippen LogP contribution >= 0.6 is 23.1 Å². The number of nitrogens with zero attached hydrogens (tertiary/aromatic N) is 2. The summed E-state index contributed by atoms with van der Waals surface area (Å²) in [6, 6.07) is 9.63. The van der Waals surface area contributed by atoms with E-state index in [2.05, 4.69) is 0 Å². The third-order valence-electron chi connectivity index (χ3n) is 3.50. The number of rotatable bonds is 3. The van der Waals surface area contributed by atoms with Gasteiger partial charge >= 0.3 is 17.4 Å². The summed E-state index contributed by atoms with van der Waals surface area (Å²) in [6.45, 7) is 2.75. The number of aromatic hydroxyl groups is 1. The molecular weight excluding hydrogens is 332 g/mol. The van der Waals surface area contributed by atoms with E-state index in [1.807, 2.05) is 36.6 Å². The zero-order chi connectivity index (χ0) is 16.7. The molecule has 5 nitrogen and oxygen atoms in total. The van der Waals surface area contributed by atoms with Crippen molar-refractivity contribution in [2.24, 2.45) is 0 Å². The molecule has 0 unspecified atom stereocenters. The Balaban J connectivity index is 2.51. The fourth-order valence-corrected chi connectivity index (χ4v) is 4.51. The van der Waals surface area contributed by atoms with E-state index in [-0.39, 0.29) is 23.3 Å². The van der Waals surface area contributed by atoms with Gasteiger partial charge in [0.15, 0.2) is 0 Å². The Labute approximate surface area is 141 Å². The molecule has 7 heteroatoms. The number of carbonyl (C=O) groups excluding carboxylic acids is 2. The minimum atomic E-state index is -0.338. The van der Waals surface area contributed by atoms with E-state index >= 15 is 0 Å². The summed E-state index contributed by atoms with van der Waals surface area (Å²) >= 11 is 2.97. The van der Waals surface area contributed by atoms with E-state index in [0.717, 1.165) is 14.8 Å². The lowest BCUT2D eigenvalue weighted by molar-refractivity contribution is -0.548. The summed E-state index contributed by atoms with van der Waals surface area (Å²) in [5, 5.41) is 10.4. The maximum atomic E-state index is 12.1. The second kappa shape index (κ2) is 5.82. The molecule has 2 aromatic heterocycles. The van der Waals surface area contributed by atoms with Crippen molar-refractivity contribution in [3.05, 3.63) is 36.0 Å². The SMILES string of the molecule is CSc1sc(-c2ccccc2)c2n(C(C)=O)c(O)c(C(C)=O)[n+]12. The molecule has 2 heterocycles. The number of thioether (sulfide) groups is 1. The van der Waals surface area contributed by atoms with E-state index in [0.29, 0.717) is 5.65 Å². The number of thiazole rings is 1. The van der Waals surface area contributed by atoms with E-state index in [1.165, 1.54) is 41.5 Å². The molecule has 0 radical (unpaired) electrons. The van der Waals surface area contributed by atoms with Crippen LogP contribution in [0.3, 0.4) is 0 Å². The summed E-state index contributed by atoms with van der Waals surface area (Å²) in [5.41, 5.74) is 1.60. The molecule has 0 aliphatic heterocycles. The molecule has 23 heavy (non-hydrogen) atoms. The Bertz CT molecular complexity index is 926. The maximum Gasteiger partial charge on any atom is 0.342 e. The number of hydrogen-bond acceptors (Lipinski definition) is 5. The van der Waals surface area contributed by atoms with Crippen molar-refractivity contribution >= 4 is 40.4 Å². The van der Waals surface area contributed by atoms with Gasteiger partial charge in [0.05, 0.1) is 0 Å². The number of aromatic nitrogens is 2. The highest BCUT2D eigenvalue weighted by Gasteiger charge is 2.37. The van der Waals surface area contributed by atoms with Crippen LogP contribution in [0.4, 0.5) is 0 Å². The highest BCUT2D eigenvalue weighted by molar-refractivity contribution is 8.00. The molecule has 0 amide bonds. The zero-order valence-electron chi connectivity index (χ0n) is 12.9. The van der Waals surface area contributed by atoms with Crippen molar-refractivity contribution in [1.29, 1.82) is 0 Å². The fraction of sp³-hybridized carbons (Fsp3) is 0.188. The molecule has 0 fully saturated rings. The topological polar surface area (TPSA) is 63.4 Å². The lowest BCUT2D eigenvalue weighted by Crippen LogP contribution is -2.27. The van der Waals surface area contributed by atoms with Gasteiger partial charge in [0.25, 0.3) is 5.69 Å². The third-order valence-corrected chi connectivity index (χ3v) is 5.77. The van der Waals surface area contributed by atoms with Crippen molar-refractivity contribution in [3.8, 4) is 16.3 Å². The first-order valence-corrected chi connectivity index (χ1v) is 8.95. The molecule has 1 N–H and O–H groups in total. The molecule has 3 aromatic rings. The molecule has 0 aliphatic carbocycles. The Morgan fingerprint density at radius 2 is 1.87 bits per heavy atom. The Morgan fingerprint density at radius 1 is 1.22 bits per heavy atom. The lowest BCUT2D eigenvalue weighted by atomic mass is 10.2. The third kappa shape index (κ3) is 2.36. The van der Waals surface area contributed by atoms with Gasteiger partial charge in [-0.3, -0.25) is 4.79 Å². The Kier molecular flexibility index (Phi) is 3.99. The summed E-state index contributed by atoms with van der Waals surface area (Å²) in [4.78, 5) is 24.9. The van der Waals surface area contributed by atoms with Crippen LogP contribution in [0.25, 0.3) is 16.1 Å². The summed E-state index contributed by atoms with van der Waals surface area (Å²) in [5.74, 6) is -0.930. The molecule has 118 valence electrons. The average Bonchev–Trinajstić information content (AvgIpc) is 3.01. The smallest absolute Gasteiger partial charge is 0.342 e. The van der Waals surface area contributed by atoms with Crippen LogP contribution in [-0.4, -0.2) is 27.6 Å². The Hall–Kier alpha value is -2.12. The number of hydrogen-bond donors (Lipinski definition) is 1. The van der Waals surface area contributed by atoms with Gasteiger partial charge in [-0.1, -0.05) is 53.4 Å². The number of imidazole rings is 1.